The predicted molar refractivity (Wildman–Crippen MR) is 70.9 cm³/mol. The molecule has 2 heteroatoms. The van der Waals surface area contributed by atoms with Crippen molar-refractivity contribution in [1.29, 1.82) is 0 Å². The lowest BCUT2D eigenvalue weighted by molar-refractivity contribution is -0.109. The van der Waals surface area contributed by atoms with Gasteiger partial charge >= 0.3 is 0 Å². The van der Waals surface area contributed by atoms with Crippen molar-refractivity contribution in [2.45, 2.75) is 69.4 Å². The van der Waals surface area contributed by atoms with Crippen LogP contribution in [0.1, 0.15) is 57.8 Å². The molecule has 1 unspecified atom stereocenters. The summed E-state index contributed by atoms with van der Waals surface area (Å²) in [5.41, 5.74) is 0.223. The Morgan fingerprint density at radius 3 is 2.88 bits per heavy atom. The minimum Gasteiger partial charge on any atom is -0.375 e. The average Bonchev–Trinajstić information content (AvgIpc) is 2.36. The summed E-state index contributed by atoms with van der Waals surface area (Å²) in [6.07, 6.45) is 16.3. The summed E-state index contributed by atoms with van der Waals surface area (Å²) in [6, 6.07) is 0.652. The van der Waals surface area contributed by atoms with E-state index in [4.69, 9.17) is 11.2 Å². The van der Waals surface area contributed by atoms with Gasteiger partial charge < -0.3 is 10.1 Å². The van der Waals surface area contributed by atoms with Crippen LogP contribution in [0.3, 0.4) is 0 Å². The van der Waals surface area contributed by atoms with Gasteiger partial charge in [0.2, 0.25) is 0 Å². The topological polar surface area (TPSA) is 21.3 Å². The summed E-state index contributed by atoms with van der Waals surface area (Å²) >= 11 is 0. The highest BCUT2D eigenvalue weighted by molar-refractivity contribution is 4.92. The number of hydrogen-bond acceptors (Lipinski definition) is 2. The third-order valence-corrected chi connectivity index (χ3v) is 4.19. The number of hydrogen-bond donors (Lipinski definition) is 1. The van der Waals surface area contributed by atoms with E-state index in [0.717, 1.165) is 32.4 Å². The molecule has 2 fully saturated rings. The zero-order chi connectivity index (χ0) is 12.0. The number of terminal acetylenes is 1. The van der Waals surface area contributed by atoms with Crippen molar-refractivity contribution < 1.29 is 4.74 Å². The van der Waals surface area contributed by atoms with Crippen LogP contribution in [-0.2, 0) is 4.74 Å². The van der Waals surface area contributed by atoms with E-state index in [1.807, 2.05) is 0 Å². The van der Waals surface area contributed by atoms with Crippen LogP contribution in [-0.4, -0.2) is 24.8 Å². The molecule has 0 radical (unpaired) electrons. The van der Waals surface area contributed by atoms with Gasteiger partial charge in [-0.15, -0.1) is 12.3 Å². The smallest absolute Gasteiger partial charge is 0.0697 e. The lowest BCUT2D eigenvalue weighted by Crippen LogP contribution is -2.48. The van der Waals surface area contributed by atoms with Crippen molar-refractivity contribution in [3.63, 3.8) is 0 Å². The number of ether oxygens (including phenoxy) is 1. The van der Waals surface area contributed by atoms with Crippen LogP contribution in [0.2, 0.25) is 0 Å². The van der Waals surface area contributed by atoms with Crippen molar-refractivity contribution in [3.05, 3.63) is 0 Å². The van der Waals surface area contributed by atoms with Gasteiger partial charge in [-0.2, -0.15) is 0 Å². The molecule has 2 rings (SSSR count). The SMILES string of the molecule is C#CCCCNC1CCOC2(CCCCC2)C1. The molecule has 1 N–H and O–H groups in total. The summed E-state index contributed by atoms with van der Waals surface area (Å²) in [7, 11) is 0. The van der Waals surface area contributed by atoms with Crippen molar-refractivity contribution in [2.75, 3.05) is 13.2 Å². The van der Waals surface area contributed by atoms with Crippen LogP contribution in [0.5, 0.6) is 0 Å². The number of rotatable bonds is 4. The van der Waals surface area contributed by atoms with Gasteiger partial charge in [0.15, 0.2) is 0 Å². The van der Waals surface area contributed by atoms with Crippen molar-refractivity contribution in [2.24, 2.45) is 0 Å². The molecule has 1 heterocycles. The molecular formula is C15H25NO. The third kappa shape index (κ3) is 3.72. The Balaban J connectivity index is 1.74. The Morgan fingerprint density at radius 1 is 1.29 bits per heavy atom. The van der Waals surface area contributed by atoms with E-state index in [9.17, 15) is 0 Å². The maximum absolute atomic E-state index is 6.09. The van der Waals surface area contributed by atoms with Gasteiger partial charge in [0, 0.05) is 19.1 Å². The van der Waals surface area contributed by atoms with E-state index in [2.05, 4.69) is 11.2 Å². The summed E-state index contributed by atoms with van der Waals surface area (Å²) < 4.78 is 6.09. The minimum atomic E-state index is 0.223. The lowest BCUT2D eigenvalue weighted by Gasteiger charge is -2.43. The van der Waals surface area contributed by atoms with Gasteiger partial charge in [0.1, 0.15) is 0 Å². The molecule has 1 saturated carbocycles. The zero-order valence-corrected chi connectivity index (χ0v) is 10.8. The summed E-state index contributed by atoms with van der Waals surface area (Å²) in [5, 5.41) is 3.65. The monoisotopic (exact) mass is 235 g/mol. The maximum Gasteiger partial charge on any atom is 0.0697 e. The fourth-order valence-electron chi connectivity index (χ4n) is 3.24. The van der Waals surface area contributed by atoms with Crippen molar-refractivity contribution >= 4 is 0 Å². The van der Waals surface area contributed by atoms with E-state index in [0.29, 0.717) is 6.04 Å². The zero-order valence-electron chi connectivity index (χ0n) is 10.8. The lowest BCUT2D eigenvalue weighted by atomic mass is 9.78. The normalized spacial score (nSPS) is 27.8. The van der Waals surface area contributed by atoms with Crippen molar-refractivity contribution in [3.8, 4) is 12.3 Å². The van der Waals surface area contributed by atoms with Crippen LogP contribution in [0.25, 0.3) is 0 Å². The molecule has 17 heavy (non-hydrogen) atoms. The Labute approximate surface area is 105 Å². The molecular weight excluding hydrogens is 210 g/mol. The number of unbranched alkanes of at least 4 members (excludes halogenated alkanes) is 1. The highest BCUT2D eigenvalue weighted by Crippen LogP contribution is 2.38. The molecule has 0 aromatic carbocycles. The van der Waals surface area contributed by atoms with Crippen LogP contribution in [0.4, 0.5) is 0 Å². The molecule has 96 valence electrons. The molecule has 1 spiro atoms. The molecule has 0 aromatic heterocycles. The second-order valence-corrected chi connectivity index (χ2v) is 5.54. The van der Waals surface area contributed by atoms with Gasteiger partial charge in [-0.3, -0.25) is 0 Å². The van der Waals surface area contributed by atoms with Gasteiger partial charge in [-0.25, -0.2) is 0 Å². The molecule has 0 amide bonds. The second kappa shape index (κ2) is 6.42. The number of nitrogens with one attached hydrogen (secondary N) is 1. The third-order valence-electron chi connectivity index (χ3n) is 4.19. The Bertz CT molecular complexity index is 257. The molecule has 1 aliphatic heterocycles. The summed E-state index contributed by atoms with van der Waals surface area (Å²) in [6.45, 7) is 2.00. The summed E-state index contributed by atoms with van der Waals surface area (Å²) in [4.78, 5) is 0. The molecule has 0 aromatic rings. The van der Waals surface area contributed by atoms with E-state index in [1.54, 1.807) is 0 Å². The second-order valence-electron chi connectivity index (χ2n) is 5.54. The first-order chi connectivity index (χ1) is 8.35. The standard InChI is InChI=1S/C15H25NO/c1-2-3-7-11-16-14-8-12-17-15(13-14)9-5-4-6-10-15/h1,14,16H,3-13H2. The van der Waals surface area contributed by atoms with E-state index >= 15 is 0 Å². The Kier molecular flexibility index (Phi) is 4.88. The van der Waals surface area contributed by atoms with Gasteiger partial charge in [0.05, 0.1) is 5.60 Å². The maximum atomic E-state index is 6.09. The fourth-order valence-corrected chi connectivity index (χ4v) is 3.24. The van der Waals surface area contributed by atoms with Crippen molar-refractivity contribution in [1.82, 2.24) is 5.32 Å². The first kappa shape index (κ1) is 12.9. The van der Waals surface area contributed by atoms with Crippen LogP contribution in [0.15, 0.2) is 0 Å². The molecule has 1 atom stereocenters. The highest BCUT2D eigenvalue weighted by atomic mass is 16.5. The Morgan fingerprint density at radius 2 is 2.12 bits per heavy atom. The van der Waals surface area contributed by atoms with Crippen LogP contribution < -0.4 is 5.32 Å². The molecule has 1 saturated heterocycles. The first-order valence-corrected chi connectivity index (χ1v) is 7.15. The molecule has 0 bridgehead atoms. The van der Waals surface area contributed by atoms with Crippen LogP contribution in [0, 0.1) is 12.3 Å². The molecule has 1 aliphatic carbocycles. The fraction of sp³-hybridized carbons (Fsp3) is 0.867. The van der Waals surface area contributed by atoms with Gasteiger partial charge in [-0.05, 0) is 38.6 Å². The van der Waals surface area contributed by atoms with Gasteiger partial charge in [-0.1, -0.05) is 19.3 Å². The highest BCUT2D eigenvalue weighted by Gasteiger charge is 2.38. The first-order valence-electron chi connectivity index (χ1n) is 7.15. The van der Waals surface area contributed by atoms with Crippen LogP contribution >= 0.6 is 0 Å². The van der Waals surface area contributed by atoms with E-state index in [1.165, 1.54) is 38.5 Å². The predicted octanol–water partition coefficient (Wildman–Crippen LogP) is 2.87. The largest absolute Gasteiger partial charge is 0.375 e. The quantitative estimate of drug-likeness (QED) is 0.597. The minimum absolute atomic E-state index is 0.223. The summed E-state index contributed by atoms with van der Waals surface area (Å²) in [5.74, 6) is 2.70. The van der Waals surface area contributed by atoms with E-state index in [-0.39, 0.29) is 5.60 Å². The molecule has 2 aliphatic rings. The average molecular weight is 235 g/mol. The van der Waals surface area contributed by atoms with E-state index < -0.39 is 0 Å². The molecule has 2 nitrogen and oxygen atoms in total. The van der Waals surface area contributed by atoms with Gasteiger partial charge in [0.25, 0.3) is 0 Å². The Hall–Kier alpha value is -0.520.